The number of nitrogens with zero attached hydrogens (tertiary/aromatic N) is 1. The fraction of sp³-hybridized carbons (Fsp3) is 0.625. The van der Waals surface area contributed by atoms with Gasteiger partial charge >= 0.3 is 0 Å². The van der Waals surface area contributed by atoms with Crippen molar-refractivity contribution in [2.24, 2.45) is 5.92 Å². The van der Waals surface area contributed by atoms with Gasteiger partial charge in [-0.15, -0.1) is 11.3 Å². The molecule has 0 atom stereocenters. The number of aliphatic hydroxyl groups excluding tert-OH is 1. The molecule has 1 aliphatic heterocycles. The Balaban J connectivity index is 1.79. The lowest BCUT2D eigenvalue weighted by Gasteiger charge is -2.31. The molecule has 1 aromatic rings. The predicted molar refractivity (Wildman–Crippen MR) is 82.8 cm³/mol. The van der Waals surface area contributed by atoms with Gasteiger partial charge in [0.05, 0.1) is 11.5 Å². The molecule has 1 saturated heterocycles. The van der Waals surface area contributed by atoms with Gasteiger partial charge in [0.15, 0.2) is 0 Å². The van der Waals surface area contributed by atoms with Crippen LogP contribution in [-0.4, -0.2) is 43.4 Å². The van der Waals surface area contributed by atoms with Crippen molar-refractivity contribution < 1.29 is 9.84 Å². The molecule has 4 heteroatoms. The average molecular weight is 293 g/mol. The molecule has 0 radical (unpaired) electrons. The van der Waals surface area contributed by atoms with Gasteiger partial charge in [-0.3, -0.25) is 4.90 Å². The van der Waals surface area contributed by atoms with Gasteiger partial charge in [-0.05, 0) is 44.0 Å². The van der Waals surface area contributed by atoms with Gasteiger partial charge in [-0.2, -0.15) is 0 Å². The van der Waals surface area contributed by atoms with Gasteiger partial charge in [0.2, 0.25) is 0 Å². The Morgan fingerprint density at radius 1 is 1.40 bits per heavy atom. The number of piperidine rings is 1. The minimum atomic E-state index is 0.141. The maximum Gasteiger partial charge on any atom is 0.0771 e. The first-order valence-corrected chi connectivity index (χ1v) is 8.03. The smallest absolute Gasteiger partial charge is 0.0771 e. The maximum atomic E-state index is 8.71. The van der Waals surface area contributed by atoms with E-state index in [2.05, 4.69) is 28.9 Å². The molecule has 0 saturated carbocycles. The first-order chi connectivity index (χ1) is 9.81. The molecule has 1 aliphatic rings. The topological polar surface area (TPSA) is 32.7 Å². The van der Waals surface area contributed by atoms with Gasteiger partial charge in [-0.1, -0.05) is 11.8 Å². The molecular weight excluding hydrogens is 270 g/mol. The summed E-state index contributed by atoms with van der Waals surface area (Å²) in [5.41, 5.74) is 0. The Morgan fingerprint density at radius 2 is 2.20 bits per heavy atom. The lowest BCUT2D eigenvalue weighted by Crippen LogP contribution is -2.34. The highest BCUT2D eigenvalue weighted by atomic mass is 32.1. The molecule has 2 heterocycles. The number of methoxy groups -OCH3 is 1. The van der Waals surface area contributed by atoms with Crippen LogP contribution in [-0.2, 0) is 11.3 Å². The Kier molecular flexibility index (Phi) is 6.55. The maximum absolute atomic E-state index is 8.71. The Bertz CT molecular complexity index is 453. The van der Waals surface area contributed by atoms with E-state index in [9.17, 15) is 0 Å². The third kappa shape index (κ3) is 4.92. The summed E-state index contributed by atoms with van der Waals surface area (Å²) in [6, 6.07) is 4.26. The SMILES string of the molecule is COCC1CCN(Cc2ccc(C#CCCO)s2)CC1. The number of hydrogen-bond acceptors (Lipinski definition) is 4. The largest absolute Gasteiger partial charge is 0.395 e. The molecule has 1 aromatic heterocycles. The summed E-state index contributed by atoms with van der Waals surface area (Å²) in [5, 5.41) is 8.71. The standard InChI is InChI=1S/C16H23NO2S/c1-19-13-14-7-9-17(10-8-14)12-16-6-5-15(20-16)4-2-3-11-18/h5-6,14,18H,3,7-13H2,1H3. The fourth-order valence-electron chi connectivity index (χ4n) is 2.50. The molecule has 0 amide bonds. The van der Waals surface area contributed by atoms with E-state index in [0.29, 0.717) is 6.42 Å². The lowest BCUT2D eigenvalue weighted by atomic mass is 9.98. The van der Waals surface area contributed by atoms with Gasteiger partial charge in [0.1, 0.15) is 0 Å². The van der Waals surface area contributed by atoms with Crippen molar-refractivity contribution in [3.05, 3.63) is 21.9 Å². The molecule has 110 valence electrons. The molecule has 0 spiro atoms. The van der Waals surface area contributed by atoms with Crippen molar-refractivity contribution in [3.63, 3.8) is 0 Å². The highest BCUT2D eigenvalue weighted by Gasteiger charge is 2.19. The van der Waals surface area contributed by atoms with E-state index >= 15 is 0 Å². The molecule has 2 rings (SSSR count). The first kappa shape index (κ1) is 15.5. The monoisotopic (exact) mass is 293 g/mol. The molecule has 1 N–H and O–H groups in total. The van der Waals surface area contributed by atoms with Crippen molar-refractivity contribution in [1.82, 2.24) is 4.90 Å². The number of thiophene rings is 1. The van der Waals surface area contributed by atoms with E-state index in [-0.39, 0.29) is 6.61 Å². The van der Waals surface area contributed by atoms with Crippen molar-refractivity contribution >= 4 is 11.3 Å². The third-order valence-electron chi connectivity index (χ3n) is 3.60. The summed E-state index contributed by atoms with van der Waals surface area (Å²) in [4.78, 5) is 4.99. The van der Waals surface area contributed by atoms with Gasteiger partial charge in [0.25, 0.3) is 0 Å². The van der Waals surface area contributed by atoms with Crippen LogP contribution >= 0.6 is 11.3 Å². The molecule has 0 aliphatic carbocycles. The average Bonchev–Trinajstić information content (AvgIpc) is 2.89. The summed E-state index contributed by atoms with van der Waals surface area (Å²) in [7, 11) is 1.79. The minimum absolute atomic E-state index is 0.141. The molecule has 3 nitrogen and oxygen atoms in total. The molecule has 0 aromatic carbocycles. The second-order valence-electron chi connectivity index (χ2n) is 5.22. The predicted octanol–water partition coefficient (Wildman–Crippen LogP) is 2.34. The molecule has 0 bridgehead atoms. The Hall–Kier alpha value is -0.860. The van der Waals surface area contributed by atoms with Crippen LogP contribution in [0.3, 0.4) is 0 Å². The van der Waals surface area contributed by atoms with Crippen LogP contribution in [0.4, 0.5) is 0 Å². The number of hydrogen-bond donors (Lipinski definition) is 1. The van der Waals surface area contributed by atoms with Crippen LogP contribution in [0.1, 0.15) is 29.0 Å². The van der Waals surface area contributed by atoms with E-state index in [4.69, 9.17) is 9.84 Å². The lowest BCUT2D eigenvalue weighted by molar-refractivity contribution is 0.0972. The fourth-order valence-corrected chi connectivity index (χ4v) is 3.43. The van der Waals surface area contributed by atoms with E-state index in [0.717, 1.165) is 37.0 Å². The Labute approximate surface area is 125 Å². The van der Waals surface area contributed by atoms with Gasteiger partial charge in [0, 0.05) is 31.6 Å². The first-order valence-electron chi connectivity index (χ1n) is 7.21. The summed E-state index contributed by atoms with van der Waals surface area (Å²) >= 11 is 1.77. The van der Waals surface area contributed by atoms with Crippen molar-refractivity contribution in [3.8, 4) is 11.8 Å². The second kappa shape index (κ2) is 8.43. The molecule has 0 unspecified atom stereocenters. The highest BCUT2D eigenvalue weighted by Crippen LogP contribution is 2.22. The van der Waals surface area contributed by atoms with Gasteiger partial charge in [-0.25, -0.2) is 0 Å². The quantitative estimate of drug-likeness (QED) is 0.846. The van der Waals surface area contributed by atoms with Crippen LogP contribution in [0.5, 0.6) is 0 Å². The summed E-state index contributed by atoms with van der Waals surface area (Å²) in [5.74, 6) is 6.81. The van der Waals surface area contributed by atoms with Crippen molar-refractivity contribution in [2.75, 3.05) is 33.4 Å². The van der Waals surface area contributed by atoms with E-state index in [1.807, 2.05) is 0 Å². The van der Waals surface area contributed by atoms with Crippen LogP contribution in [0.25, 0.3) is 0 Å². The zero-order valence-electron chi connectivity index (χ0n) is 12.1. The zero-order valence-corrected chi connectivity index (χ0v) is 12.9. The normalized spacial score (nSPS) is 16.9. The molecule has 1 fully saturated rings. The number of aliphatic hydroxyl groups is 1. The summed E-state index contributed by atoms with van der Waals surface area (Å²) < 4.78 is 5.24. The minimum Gasteiger partial charge on any atom is -0.395 e. The Morgan fingerprint density at radius 3 is 2.90 bits per heavy atom. The van der Waals surface area contributed by atoms with E-state index in [1.165, 1.54) is 17.7 Å². The second-order valence-corrected chi connectivity index (χ2v) is 6.38. The number of rotatable bonds is 5. The van der Waals surface area contributed by atoms with Crippen LogP contribution in [0, 0.1) is 17.8 Å². The van der Waals surface area contributed by atoms with Crippen LogP contribution in [0.2, 0.25) is 0 Å². The number of ether oxygens (including phenoxy) is 1. The highest BCUT2D eigenvalue weighted by molar-refractivity contribution is 7.12. The summed E-state index contributed by atoms with van der Waals surface area (Å²) in [6.07, 6.45) is 3.03. The third-order valence-corrected chi connectivity index (χ3v) is 4.58. The molecule has 20 heavy (non-hydrogen) atoms. The van der Waals surface area contributed by atoms with Crippen molar-refractivity contribution in [2.45, 2.75) is 25.8 Å². The van der Waals surface area contributed by atoms with Gasteiger partial charge < -0.3 is 9.84 Å². The summed E-state index contributed by atoms with van der Waals surface area (Å²) in [6.45, 7) is 4.40. The van der Waals surface area contributed by atoms with Crippen molar-refractivity contribution in [1.29, 1.82) is 0 Å². The molecular formula is C16H23NO2S. The van der Waals surface area contributed by atoms with E-state index < -0.39 is 0 Å². The zero-order chi connectivity index (χ0) is 14.2. The van der Waals surface area contributed by atoms with Crippen LogP contribution < -0.4 is 0 Å². The van der Waals surface area contributed by atoms with Crippen LogP contribution in [0.15, 0.2) is 12.1 Å². The number of likely N-dealkylation sites (tertiary alicyclic amines) is 1. The van der Waals surface area contributed by atoms with E-state index in [1.54, 1.807) is 18.4 Å².